The van der Waals surface area contributed by atoms with Crippen LogP contribution in [-0.4, -0.2) is 38.1 Å². The molecule has 0 aliphatic rings. The van der Waals surface area contributed by atoms with Gasteiger partial charge in [-0.25, -0.2) is 0 Å². The van der Waals surface area contributed by atoms with Crippen molar-refractivity contribution >= 4 is 35.1 Å². The van der Waals surface area contributed by atoms with Gasteiger partial charge in [-0.1, -0.05) is 0 Å². The smallest absolute Gasteiger partial charge is 0.229 e. The van der Waals surface area contributed by atoms with E-state index in [0.29, 0.717) is 0 Å². The monoisotopic (exact) mass is 299 g/mol. The van der Waals surface area contributed by atoms with Crippen molar-refractivity contribution < 1.29 is 9.59 Å². The number of carbonyl (C=O) groups is 2. The Morgan fingerprint density at radius 2 is 1.70 bits per heavy atom. The lowest BCUT2D eigenvalue weighted by Gasteiger charge is -2.23. The lowest BCUT2D eigenvalue weighted by atomic mass is 10.0. The van der Waals surface area contributed by atoms with Crippen molar-refractivity contribution in [1.29, 1.82) is 0 Å². The van der Waals surface area contributed by atoms with Gasteiger partial charge in [0.25, 0.3) is 0 Å². The minimum Gasteiger partial charge on any atom is -0.345 e. The van der Waals surface area contributed by atoms with Gasteiger partial charge in [0.1, 0.15) is 0 Å². The number of Topliss-reactive ketones (excluding diaryl/α,β-unsaturated/α-hetero) is 2. The molecule has 8 heteroatoms. The third-order valence-electron chi connectivity index (χ3n) is 2.87. The summed E-state index contributed by atoms with van der Waals surface area (Å²) in [6, 6.07) is -0.442. The van der Waals surface area contributed by atoms with Gasteiger partial charge in [-0.3, -0.25) is 9.59 Å². The van der Waals surface area contributed by atoms with Crippen molar-refractivity contribution in [2.24, 2.45) is 0 Å². The van der Waals surface area contributed by atoms with Gasteiger partial charge >= 0.3 is 0 Å². The van der Waals surface area contributed by atoms with Gasteiger partial charge in [0.2, 0.25) is 17.2 Å². The second-order valence-electron chi connectivity index (χ2n) is 5.03. The molecule has 1 heterocycles. The summed E-state index contributed by atoms with van der Waals surface area (Å²) in [5.74, 6) is 0.221. The molecular weight excluding hydrogens is 282 g/mol. The Balaban J connectivity index is 2.97. The van der Waals surface area contributed by atoms with Crippen molar-refractivity contribution in [3.8, 4) is 0 Å². The predicted octanol–water partition coefficient (Wildman–Crippen LogP) is 1.69. The first-order valence-electron chi connectivity index (χ1n) is 6.09. The Labute approximate surface area is 122 Å². The van der Waals surface area contributed by atoms with Crippen LogP contribution >= 0.6 is 11.6 Å². The van der Waals surface area contributed by atoms with E-state index in [1.54, 1.807) is 20.8 Å². The molecule has 110 valence electrons. The van der Waals surface area contributed by atoms with Gasteiger partial charge in [0.05, 0.1) is 11.6 Å². The van der Waals surface area contributed by atoms with Crippen LogP contribution in [0.4, 0.5) is 11.9 Å². The molecule has 0 aliphatic heterocycles. The highest BCUT2D eigenvalue weighted by atomic mass is 35.5. The molecule has 0 aliphatic carbocycles. The number of hydrogen-bond acceptors (Lipinski definition) is 7. The molecule has 7 nitrogen and oxygen atoms in total. The minimum atomic E-state index is -0.825. The van der Waals surface area contributed by atoms with E-state index in [4.69, 9.17) is 11.6 Å². The summed E-state index contributed by atoms with van der Waals surface area (Å²) in [5.41, 5.74) is -0.825. The van der Waals surface area contributed by atoms with Gasteiger partial charge in [-0.2, -0.15) is 15.0 Å². The molecule has 0 radical (unpaired) electrons. The van der Waals surface area contributed by atoms with Crippen LogP contribution in [0.2, 0.25) is 5.28 Å². The molecule has 0 bridgehead atoms. The molecule has 1 unspecified atom stereocenters. The maximum absolute atomic E-state index is 11.5. The van der Waals surface area contributed by atoms with Crippen LogP contribution < -0.4 is 10.6 Å². The fraction of sp³-hybridized carbons (Fsp3) is 0.583. The number of hydrogen-bond donors (Lipinski definition) is 2. The topological polar surface area (TPSA) is 96.9 Å². The highest BCUT2D eigenvalue weighted by Crippen LogP contribution is 2.16. The minimum absolute atomic E-state index is 0.0277. The van der Waals surface area contributed by atoms with Gasteiger partial charge in [-0.15, -0.1) is 0 Å². The van der Waals surface area contributed by atoms with Gasteiger partial charge in [0, 0.05) is 0 Å². The van der Waals surface area contributed by atoms with Crippen LogP contribution in [0.3, 0.4) is 0 Å². The molecular formula is C12H18ClN5O2. The lowest BCUT2D eigenvalue weighted by molar-refractivity contribution is -0.120. The Hall–Kier alpha value is -1.76. The number of rotatable bonds is 6. The summed E-state index contributed by atoms with van der Waals surface area (Å²) in [5, 5.41) is 5.67. The second-order valence-corrected chi connectivity index (χ2v) is 5.37. The molecule has 1 aromatic rings. The summed E-state index contributed by atoms with van der Waals surface area (Å²) < 4.78 is 0. The lowest BCUT2D eigenvalue weighted by Crippen LogP contribution is -2.39. The van der Waals surface area contributed by atoms with Crippen molar-refractivity contribution in [1.82, 2.24) is 15.0 Å². The van der Waals surface area contributed by atoms with Crippen molar-refractivity contribution in [2.75, 3.05) is 10.6 Å². The average Bonchev–Trinajstić information content (AvgIpc) is 2.26. The molecule has 0 amide bonds. The van der Waals surface area contributed by atoms with Crippen molar-refractivity contribution in [3.63, 3.8) is 0 Å². The maximum atomic E-state index is 11.5. The number of halogens is 1. The number of carbonyl (C=O) groups excluding carboxylic acids is 2. The van der Waals surface area contributed by atoms with Gasteiger partial charge in [-0.05, 0) is 46.2 Å². The first kappa shape index (κ1) is 16.3. The highest BCUT2D eigenvalue weighted by molar-refractivity contribution is 6.28. The number of anilines is 2. The van der Waals surface area contributed by atoms with Crippen LogP contribution in [0.15, 0.2) is 0 Å². The van der Waals surface area contributed by atoms with E-state index in [1.165, 1.54) is 13.8 Å². The molecule has 0 spiro atoms. The molecule has 0 aromatic carbocycles. The summed E-state index contributed by atoms with van der Waals surface area (Å²) >= 11 is 5.81. The van der Waals surface area contributed by atoms with Crippen LogP contribution in [-0.2, 0) is 9.59 Å². The van der Waals surface area contributed by atoms with Gasteiger partial charge in [0.15, 0.2) is 11.6 Å². The van der Waals surface area contributed by atoms with E-state index in [9.17, 15) is 9.59 Å². The largest absolute Gasteiger partial charge is 0.345 e. The Bertz CT molecular complexity index is 533. The summed E-state index contributed by atoms with van der Waals surface area (Å²) in [6.45, 7) is 8.02. The zero-order valence-electron chi connectivity index (χ0n) is 12.1. The summed E-state index contributed by atoms with van der Waals surface area (Å²) in [7, 11) is 0. The van der Waals surface area contributed by atoms with Gasteiger partial charge < -0.3 is 10.6 Å². The number of ketones is 2. The highest BCUT2D eigenvalue weighted by Gasteiger charge is 2.25. The predicted molar refractivity (Wildman–Crippen MR) is 77.0 cm³/mol. The molecule has 0 saturated carbocycles. The SMILES string of the molecule is CC(=O)C(C)Nc1nc(Cl)nc(NC(C)(C)C(C)=O)n1. The molecule has 20 heavy (non-hydrogen) atoms. The van der Waals surface area contributed by atoms with Crippen molar-refractivity contribution in [2.45, 2.75) is 46.2 Å². The third kappa shape index (κ3) is 4.41. The van der Waals surface area contributed by atoms with Crippen LogP contribution in [0.25, 0.3) is 0 Å². The fourth-order valence-electron chi connectivity index (χ4n) is 1.13. The molecule has 1 rings (SSSR count). The van der Waals surface area contributed by atoms with E-state index >= 15 is 0 Å². The zero-order valence-corrected chi connectivity index (χ0v) is 12.9. The van der Waals surface area contributed by atoms with E-state index in [2.05, 4.69) is 25.6 Å². The molecule has 1 aromatic heterocycles. The quantitative estimate of drug-likeness (QED) is 0.825. The Morgan fingerprint density at radius 1 is 1.15 bits per heavy atom. The normalized spacial score (nSPS) is 12.7. The van der Waals surface area contributed by atoms with Crippen LogP contribution in [0, 0.1) is 0 Å². The first-order chi connectivity index (χ1) is 9.11. The average molecular weight is 300 g/mol. The number of aromatic nitrogens is 3. The third-order valence-corrected chi connectivity index (χ3v) is 3.04. The Morgan fingerprint density at radius 3 is 2.20 bits per heavy atom. The van der Waals surface area contributed by atoms with E-state index in [1.807, 2.05) is 0 Å². The van der Waals surface area contributed by atoms with E-state index < -0.39 is 11.6 Å². The zero-order chi connectivity index (χ0) is 15.5. The Kier molecular flexibility index (Phi) is 4.99. The summed E-state index contributed by atoms with van der Waals surface area (Å²) in [6.07, 6.45) is 0. The summed E-state index contributed by atoms with van der Waals surface area (Å²) in [4.78, 5) is 34.6. The van der Waals surface area contributed by atoms with E-state index in [0.717, 1.165) is 0 Å². The van der Waals surface area contributed by atoms with Crippen molar-refractivity contribution in [3.05, 3.63) is 5.28 Å². The van der Waals surface area contributed by atoms with Crippen LogP contribution in [0.1, 0.15) is 34.6 Å². The fourth-order valence-corrected chi connectivity index (χ4v) is 1.29. The van der Waals surface area contributed by atoms with Crippen LogP contribution in [0.5, 0.6) is 0 Å². The second kappa shape index (κ2) is 6.13. The standard InChI is InChI=1S/C12H18ClN5O2/c1-6(7(2)19)14-10-15-9(13)16-11(17-10)18-12(4,5)8(3)20/h6H,1-5H3,(H2,14,15,16,17,18). The molecule has 2 N–H and O–H groups in total. The molecule has 0 saturated heterocycles. The maximum Gasteiger partial charge on any atom is 0.229 e. The number of nitrogens with zero attached hydrogens (tertiary/aromatic N) is 3. The van der Waals surface area contributed by atoms with E-state index in [-0.39, 0.29) is 28.7 Å². The molecule has 0 fully saturated rings. The number of nitrogens with one attached hydrogen (secondary N) is 2. The molecule has 1 atom stereocenters. The first-order valence-corrected chi connectivity index (χ1v) is 6.47.